The van der Waals surface area contributed by atoms with Gasteiger partial charge in [-0.1, -0.05) is 23.2 Å². The SMILES string of the molecule is CCOC(=O)c1cc(Cl)c(S(=O)(=O)O)nc1Cl.CCOC(=O)c1cc(S(=O)(=O)O)c[nH]c1=O. The van der Waals surface area contributed by atoms with Crippen LogP contribution in [0.4, 0.5) is 0 Å². The molecule has 2 aromatic heterocycles. The highest BCUT2D eigenvalue weighted by atomic mass is 35.5. The molecule has 0 saturated heterocycles. The lowest BCUT2D eigenvalue weighted by Gasteiger charge is -2.06. The van der Waals surface area contributed by atoms with Crippen molar-refractivity contribution in [2.75, 3.05) is 13.2 Å². The number of H-pyrrole nitrogens is 1. The van der Waals surface area contributed by atoms with Gasteiger partial charge in [0.2, 0.25) is 5.03 Å². The highest BCUT2D eigenvalue weighted by molar-refractivity contribution is 7.86. The normalized spacial score (nSPS) is 11.2. The van der Waals surface area contributed by atoms with Crippen molar-refractivity contribution in [2.24, 2.45) is 0 Å². The molecule has 182 valence electrons. The zero-order valence-corrected chi connectivity index (χ0v) is 19.9. The van der Waals surface area contributed by atoms with Crippen molar-refractivity contribution in [2.45, 2.75) is 23.8 Å². The second kappa shape index (κ2) is 11.5. The summed E-state index contributed by atoms with van der Waals surface area (Å²) in [5, 5.41) is -1.64. The molecule has 0 aliphatic heterocycles. The Balaban J connectivity index is 0.000000331. The van der Waals surface area contributed by atoms with Gasteiger partial charge in [-0.05, 0) is 26.0 Å². The quantitative estimate of drug-likeness (QED) is 0.268. The lowest BCUT2D eigenvalue weighted by molar-refractivity contribution is 0.0515. The Labute approximate surface area is 197 Å². The molecule has 0 radical (unpaired) electrons. The highest BCUT2D eigenvalue weighted by Gasteiger charge is 2.22. The van der Waals surface area contributed by atoms with Gasteiger partial charge in [-0.3, -0.25) is 13.9 Å². The molecule has 0 unspecified atom stereocenters. The maximum atomic E-state index is 11.4. The third-order valence-corrected chi connectivity index (χ3v) is 5.63. The highest BCUT2D eigenvalue weighted by Crippen LogP contribution is 2.25. The fourth-order valence-corrected chi connectivity index (χ4v) is 3.65. The molecule has 0 atom stereocenters. The number of nitrogens with zero attached hydrogens (tertiary/aromatic N) is 1. The number of esters is 2. The van der Waals surface area contributed by atoms with E-state index < -0.39 is 63.4 Å². The third kappa shape index (κ3) is 8.06. The van der Waals surface area contributed by atoms with Gasteiger partial charge in [0.05, 0.1) is 23.8 Å². The van der Waals surface area contributed by atoms with E-state index in [0.717, 1.165) is 18.3 Å². The number of carbonyl (C=O) groups excluding carboxylic acids is 2. The molecule has 0 spiro atoms. The maximum absolute atomic E-state index is 11.4. The standard InChI is InChI=1S/C8H7Cl2NO5S.C8H9NO6S/c1-2-16-8(12)4-3-5(9)7(11-6(4)10)17(13,14)15;1-2-15-8(11)6-3-5(16(12,13)14)4-9-7(6)10/h3H,2H2,1H3,(H,13,14,15);3-4H,2H2,1H3,(H,9,10)(H,12,13,14). The number of aromatic nitrogens is 2. The van der Waals surface area contributed by atoms with E-state index in [4.69, 9.17) is 32.3 Å². The number of rotatable bonds is 6. The van der Waals surface area contributed by atoms with Crippen LogP contribution in [0.15, 0.2) is 33.0 Å². The molecule has 0 aromatic carbocycles. The van der Waals surface area contributed by atoms with E-state index >= 15 is 0 Å². The summed E-state index contributed by atoms with van der Waals surface area (Å²) in [5.74, 6) is -1.73. The fourth-order valence-electron chi connectivity index (χ4n) is 1.96. The molecule has 0 saturated carbocycles. The molecule has 0 amide bonds. The summed E-state index contributed by atoms with van der Waals surface area (Å²) >= 11 is 11.2. The monoisotopic (exact) mass is 546 g/mol. The molecule has 3 N–H and O–H groups in total. The molecule has 0 fully saturated rings. The smallest absolute Gasteiger partial charge is 0.343 e. The van der Waals surface area contributed by atoms with Crippen molar-refractivity contribution < 1.29 is 45.0 Å². The number of pyridine rings is 2. The van der Waals surface area contributed by atoms with Gasteiger partial charge >= 0.3 is 22.1 Å². The Morgan fingerprint density at radius 3 is 1.94 bits per heavy atom. The first kappa shape index (κ1) is 28.5. The summed E-state index contributed by atoms with van der Waals surface area (Å²) < 4.78 is 69.9. The van der Waals surface area contributed by atoms with Gasteiger partial charge in [-0.15, -0.1) is 0 Å². The van der Waals surface area contributed by atoms with Crippen molar-refractivity contribution in [3.63, 3.8) is 0 Å². The Morgan fingerprint density at radius 2 is 1.48 bits per heavy atom. The predicted octanol–water partition coefficient (Wildman–Crippen LogP) is 1.61. The maximum Gasteiger partial charge on any atom is 0.343 e. The molecule has 0 aliphatic rings. The number of halogens is 2. The van der Waals surface area contributed by atoms with E-state index in [2.05, 4.69) is 14.5 Å². The summed E-state index contributed by atoms with van der Waals surface area (Å²) in [6.07, 6.45) is 0.792. The molecule has 2 aromatic rings. The van der Waals surface area contributed by atoms with Crippen molar-refractivity contribution in [3.8, 4) is 0 Å². The molecular formula is C16H16Cl2N2O11S2. The number of carbonyl (C=O) groups is 2. The van der Waals surface area contributed by atoms with Gasteiger partial charge < -0.3 is 14.5 Å². The average molecular weight is 547 g/mol. The zero-order chi connectivity index (χ0) is 25.6. The zero-order valence-electron chi connectivity index (χ0n) is 16.7. The minimum Gasteiger partial charge on any atom is -0.462 e. The Morgan fingerprint density at radius 1 is 0.970 bits per heavy atom. The first-order valence-electron chi connectivity index (χ1n) is 8.51. The predicted molar refractivity (Wildman–Crippen MR) is 113 cm³/mol. The lowest BCUT2D eigenvalue weighted by atomic mass is 10.3. The van der Waals surface area contributed by atoms with Crippen LogP contribution in [0.1, 0.15) is 34.6 Å². The van der Waals surface area contributed by atoms with Crippen LogP contribution >= 0.6 is 23.2 Å². The molecule has 13 nitrogen and oxygen atoms in total. The summed E-state index contributed by atoms with van der Waals surface area (Å²) in [4.78, 5) is 38.6. The second-order valence-electron chi connectivity index (χ2n) is 5.58. The van der Waals surface area contributed by atoms with Crippen molar-refractivity contribution in [1.29, 1.82) is 0 Å². The van der Waals surface area contributed by atoms with Crippen molar-refractivity contribution in [1.82, 2.24) is 9.97 Å². The van der Waals surface area contributed by atoms with Crippen LogP contribution in [-0.4, -0.2) is 61.1 Å². The topological polar surface area (TPSA) is 207 Å². The molecule has 0 bridgehead atoms. The van der Waals surface area contributed by atoms with Gasteiger partial charge in [-0.25, -0.2) is 14.6 Å². The van der Waals surface area contributed by atoms with E-state index in [9.17, 15) is 31.2 Å². The van der Waals surface area contributed by atoms with Gasteiger partial charge in [0, 0.05) is 6.20 Å². The van der Waals surface area contributed by atoms with Crippen LogP contribution in [0.2, 0.25) is 10.2 Å². The van der Waals surface area contributed by atoms with Crippen LogP contribution < -0.4 is 5.56 Å². The number of hydrogen-bond acceptors (Lipinski definition) is 10. The van der Waals surface area contributed by atoms with E-state index in [0.29, 0.717) is 0 Å². The number of ether oxygens (including phenoxy) is 2. The van der Waals surface area contributed by atoms with E-state index in [-0.39, 0.29) is 18.8 Å². The van der Waals surface area contributed by atoms with Crippen LogP contribution in [0.25, 0.3) is 0 Å². The second-order valence-corrected chi connectivity index (χ2v) is 9.11. The minimum atomic E-state index is -4.59. The Bertz CT molecular complexity index is 1320. The van der Waals surface area contributed by atoms with Crippen LogP contribution in [0.5, 0.6) is 0 Å². The van der Waals surface area contributed by atoms with E-state index in [1.165, 1.54) is 0 Å². The van der Waals surface area contributed by atoms with Crippen molar-refractivity contribution >= 4 is 55.4 Å². The van der Waals surface area contributed by atoms with E-state index in [1.54, 1.807) is 13.8 Å². The Hall–Kier alpha value is -2.56. The summed E-state index contributed by atoms with van der Waals surface area (Å²) in [6.45, 7) is 3.30. The number of hydrogen-bond donors (Lipinski definition) is 3. The first-order valence-corrected chi connectivity index (χ1v) is 12.1. The van der Waals surface area contributed by atoms with Crippen molar-refractivity contribution in [3.05, 3.63) is 50.0 Å². The molecular weight excluding hydrogens is 531 g/mol. The minimum absolute atomic E-state index is 0.0500. The third-order valence-electron chi connectivity index (χ3n) is 3.31. The van der Waals surface area contributed by atoms with Gasteiger partial charge in [-0.2, -0.15) is 16.8 Å². The molecule has 17 heteroatoms. The van der Waals surface area contributed by atoms with Crippen LogP contribution in [0.3, 0.4) is 0 Å². The van der Waals surface area contributed by atoms with E-state index in [1.807, 2.05) is 4.98 Å². The average Bonchev–Trinajstić information content (AvgIpc) is 2.68. The summed E-state index contributed by atoms with van der Waals surface area (Å²) in [6, 6.07) is 1.73. The molecule has 2 heterocycles. The molecule has 33 heavy (non-hydrogen) atoms. The van der Waals surface area contributed by atoms with Gasteiger partial charge in [0.25, 0.3) is 15.7 Å². The summed E-state index contributed by atoms with van der Waals surface area (Å²) in [5.41, 5.74) is -1.44. The van der Waals surface area contributed by atoms with Gasteiger partial charge in [0.15, 0.2) is 0 Å². The van der Waals surface area contributed by atoms with Crippen LogP contribution in [0, 0.1) is 0 Å². The first-order chi connectivity index (χ1) is 15.1. The summed E-state index contributed by atoms with van der Waals surface area (Å²) in [7, 11) is -9.06. The van der Waals surface area contributed by atoms with Crippen LogP contribution in [-0.2, 0) is 29.7 Å². The Kier molecular flexibility index (Phi) is 9.95. The fraction of sp³-hybridized carbons (Fsp3) is 0.250. The molecule has 0 aliphatic carbocycles. The lowest BCUT2D eigenvalue weighted by Crippen LogP contribution is -2.20. The number of nitrogens with one attached hydrogen (secondary N) is 1. The largest absolute Gasteiger partial charge is 0.462 e. The van der Waals surface area contributed by atoms with Gasteiger partial charge in [0.1, 0.15) is 15.6 Å². The number of aromatic amines is 1. The molecule has 2 rings (SSSR count).